The molecule has 0 radical (unpaired) electrons. The third kappa shape index (κ3) is 5.06. The van der Waals surface area contributed by atoms with Crippen LogP contribution in [0.1, 0.15) is 12.2 Å². The highest BCUT2D eigenvalue weighted by Crippen LogP contribution is 2.22. The molecule has 0 atom stereocenters. The first-order chi connectivity index (χ1) is 6.58. The molecule has 0 aliphatic carbocycles. The summed E-state index contributed by atoms with van der Waals surface area (Å²) in [7, 11) is 0. The number of nitrogens with zero attached hydrogens (tertiary/aromatic N) is 2. The molecule has 14 heavy (non-hydrogen) atoms. The molecule has 78 valence electrons. The van der Waals surface area contributed by atoms with Crippen molar-refractivity contribution in [3.8, 4) is 0 Å². The average Bonchev–Trinajstić information content (AvgIpc) is 2.13. The summed E-state index contributed by atoms with van der Waals surface area (Å²) in [5.41, 5.74) is 0. The van der Waals surface area contributed by atoms with Gasteiger partial charge in [-0.1, -0.05) is 0 Å². The quantitative estimate of drug-likeness (QED) is 0.732. The first-order valence-corrected chi connectivity index (χ1v) is 5.14. The lowest BCUT2D eigenvalue weighted by Gasteiger charge is -2.04. The van der Waals surface area contributed by atoms with Gasteiger partial charge in [0, 0.05) is 18.1 Å². The van der Waals surface area contributed by atoms with Crippen LogP contribution in [0.25, 0.3) is 0 Å². The van der Waals surface area contributed by atoms with E-state index in [9.17, 15) is 13.2 Å². The normalized spacial score (nSPS) is 11.6. The van der Waals surface area contributed by atoms with Crippen LogP contribution in [-0.2, 0) is 5.75 Å². The third-order valence-electron chi connectivity index (χ3n) is 1.38. The minimum absolute atomic E-state index is 0.0573. The monoisotopic (exact) mass is 222 g/mol. The maximum absolute atomic E-state index is 11.7. The molecule has 0 saturated carbocycles. The first-order valence-electron chi connectivity index (χ1n) is 3.98. The van der Waals surface area contributed by atoms with E-state index in [4.69, 9.17) is 0 Å². The number of halogens is 3. The Morgan fingerprint density at radius 2 is 1.86 bits per heavy atom. The van der Waals surface area contributed by atoms with Crippen LogP contribution in [0.15, 0.2) is 18.5 Å². The smallest absolute Gasteiger partial charge is 0.240 e. The zero-order valence-corrected chi connectivity index (χ0v) is 8.11. The molecule has 0 saturated heterocycles. The van der Waals surface area contributed by atoms with Gasteiger partial charge in [0.05, 0.1) is 12.2 Å². The summed E-state index contributed by atoms with van der Waals surface area (Å²) in [5.74, 6) is 1.05. The maximum atomic E-state index is 11.7. The number of hydrogen-bond donors (Lipinski definition) is 0. The van der Waals surface area contributed by atoms with Gasteiger partial charge in [-0.2, -0.15) is 24.9 Å². The number of hydrogen-bond acceptors (Lipinski definition) is 3. The molecule has 0 amide bonds. The van der Waals surface area contributed by atoms with Gasteiger partial charge in [-0.15, -0.1) is 0 Å². The van der Waals surface area contributed by atoms with Crippen molar-refractivity contribution in [1.29, 1.82) is 0 Å². The summed E-state index contributed by atoms with van der Waals surface area (Å²) >= 11 is 1.19. The second-order valence-electron chi connectivity index (χ2n) is 2.58. The minimum Gasteiger partial charge on any atom is -0.240 e. The van der Waals surface area contributed by atoms with Crippen LogP contribution >= 0.6 is 11.8 Å². The van der Waals surface area contributed by atoms with Crippen LogP contribution in [0.3, 0.4) is 0 Å². The van der Waals surface area contributed by atoms with Crippen LogP contribution in [0.2, 0.25) is 0 Å². The van der Waals surface area contributed by atoms with Gasteiger partial charge >= 0.3 is 6.18 Å². The molecule has 6 heteroatoms. The van der Waals surface area contributed by atoms with Crippen molar-refractivity contribution >= 4 is 11.8 Å². The lowest BCUT2D eigenvalue weighted by molar-refractivity contribution is -0.129. The summed E-state index contributed by atoms with van der Waals surface area (Å²) in [6.07, 6.45) is -1.67. The SMILES string of the molecule is FC(F)(F)CCSCc1ncccn1. The molecule has 0 aliphatic heterocycles. The maximum Gasteiger partial charge on any atom is 0.389 e. The van der Waals surface area contributed by atoms with Crippen molar-refractivity contribution in [3.05, 3.63) is 24.3 Å². The van der Waals surface area contributed by atoms with Gasteiger partial charge in [0.25, 0.3) is 0 Å². The van der Waals surface area contributed by atoms with E-state index in [-0.39, 0.29) is 5.75 Å². The Morgan fingerprint density at radius 3 is 2.43 bits per heavy atom. The van der Waals surface area contributed by atoms with Crippen molar-refractivity contribution in [2.75, 3.05) is 5.75 Å². The van der Waals surface area contributed by atoms with E-state index in [1.54, 1.807) is 18.5 Å². The lowest BCUT2D eigenvalue weighted by atomic mass is 10.5. The highest BCUT2D eigenvalue weighted by atomic mass is 32.2. The van der Waals surface area contributed by atoms with Gasteiger partial charge in [0.15, 0.2) is 0 Å². The second-order valence-corrected chi connectivity index (χ2v) is 3.69. The zero-order chi connectivity index (χ0) is 10.4. The standard InChI is InChI=1S/C8H9F3N2S/c9-8(10,11)2-5-14-6-7-12-3-1-4-13-7/h1,3-4H,2,5-6H2. The molecule has 1 rings (SSSR count). The number of alkyl halides is 3. The van der Waals surface area contributed by atoms with E-state index >= 15 is 0 Å². The Balaban J connectivity index is 2.17. The van der Waals surface area contributed by atoms with Crippen molar-refractivity contribution in [2.24, 2.45) is 0 Å². The molecule has 1 heterocycles. The highest BCUT2D eigenvalue weighted by molar-refractivity contribution is 7.98. The van der Waals surface area contributed by atoms with Gasteiger partial charge in [0.1, 0.15) is 5.82 Å². The highest BCUT2D eigenvalue weighted by Gasteiger charge is 2.26. The molecule has 0 fully saturated rings. The Morgan fingerprint density at radius 1 is 1.21 bits per heavy atom. The summed E-state index contributed by atoms with van der Waals surface area (Å²) in [4.78, 5) is 7.80. The van der Waals surface area contributed by atoms with Gasteiger partial charge < -0.3 is 0 Å². The van der Waals surface area contributed by atoms with Gasteiger partial charge in [-0.25, -0.2) is 9.97 Å². The molecular formula is C8H9F3N2S. The molecule has 0 aromatic carbocycles. The predicted octanol–water partition coefficient (Wildman–Crippen LogP) is 2.66. The lowest BCUT2D eigenvalue weighted by Crippen LogP contribution is -2.08. The molecule has 0 aliphatic rings. The van der Waals surface area contributed by atoms with E-state index in [0.29, 0.717) is 11.6 Å². The largest absolute Gasteiger partial charge is 0.389 e. The predicted molar refractivity (Wildman–Crippen MR) is 48.9 cm³/mol. The van der Waals surface area contributed by atoms with E-state index in [1.807, 2.05) is 0 Å². The van der Waals surface area contributed by atoms with Crippen LogP contribution in [0.5, 0.6) is 0 Å². The third-order valence-corrected chi connectivity index (χ3v) is 2.34. The minimum atomic E-state index is -4.06. The fourth-order valence-corrected chi connectivity index (χ4v) is 1.61. The molecule has 0 unspecified atom stereocenters. The van der Waals surface area contributed by atoms with Crippen molar-refractivity contribution in [3.63, 3.8) is 0 Å². The molecule has 0 spiro atoms. The van der Waals surface area contributed by atoms with Crippen molar-refractivity contribution in [1.82, 2.24) is 9.97 Å². The van der Waals surface area contributed by atoms with Crippen LogP contribution in [-0.4, -0.2) is 21.9 Å². The fraction of sp³-hybridized carbons (Fsp3) is 0.500. The van der Waals surface area contributed by atoms with E-state index in [0.717, 1.165) is 0 Å². The zero-order valence-electron chi connectivity index (χ0n) is 7.29. The van der Waals surface area contributed by atoms with Crippen LogP contribution < -0.4 is 0 Å². The Kier molecular flexibility index (Phi) is 4.19. The molecule has 1 aromatic heterocycles. The summed E-state index contributed by atoms with van der Waals surface area (Å²) in [6.45, 7) is 0. The van der Waals surface area contributed by atoms with Gasteiger partial charge in [0.2, 0.25) is 0 Å². The molecular weight excluding hydrogens is 213 g/mol. The molecule has 0 bridgehead atoms. The first kappa shape index (κ1) is 11.3. The summed E-state index contributed by atoms with van der Waals surface area (Å²) in [6, 6.07) is 1.67. The van der Waals surface area contributed by atoms with Gasteiger partial charge in [-0.3, -0.25) is 0 Å². The topological polar surface area (TPSA) is 25.8 Å². The average molecular weight is 222 g/mol. The van der Waals surface area contributed by atoms with E-state index < -0.39 is 12.6 Å². The summed E-state index contributed by atoms with van der Waals surface area (Å²) in [5, 5.41) is 0. The molecule has 1 aromatic rings. The van der Waals surface area contributed by atoms with Crippen molar-refractivity contribution in [2.45, 2.75) is 18.3 Å². The van der Waals surface area contributed by atoms with Gasteiger partial charge in [-0.05, 0) is 6.07 Å². The number of aromatic nitrogens is 2. The molecule has 0 N–H and O–H groups in total. The Labute approximate surface area is 84.0 Å². The van der Waals surface area contributed by atoms with Crippen molar-refractivity contribution < 1.29 is 13.2 Å². The Hall–Kier alpha value is -0.780. The van der Waals surface area contributed by atoms with E-state index in [1.165, 1.54) is 11.8 Å². The summed E-state index contributed by atoms with van der Waals surface area (Å²) < 4.78 is 35.2. The van der Waals surface area contributed by atoms with Crippen LogP contribution in [0, 0.1) is 0 Å². The number of thioether (sulfide) groups is 1. The fourth-order valence-electron chi connectivity index (χ4n) is 0.756. The molecule has 2 nitrogen and oxygen atoms in total. The second kappa shape index (κ2) is 5.19. The van der Waals surface area contributed by atoms with Crippen LogP contribution in [0.4, 0.5) is 13.2 Å². The number of rotatable bonds is 4. The van der Waals surface area contributed by atoms with E-state index in [2.05, 4.69) is 9.97 Å². The Bertz CT molecular complexity index is 263.